The fraction of sp³-hybridized carbons (Fsp3) is 0.467. The van der Waals surface area contributed by atoms with Gasteiger partial charge in [-0.2, -0.15) is 5.10 Å². The van der Waals surface area contributed by atoms with E-state index in [1.54, 1.807) is 13.3 Å². The third kappa shape index (κ3) is 2.67. The molecule has 0 saturated heterocycles. The monoisotopic (exact) mass is 274 g/mol. The average Bonchev–Trinajstić information content (AvgIpc) is 2.81. The number of hydrogen-bond acceptors (Lipinski definition) is 4. The minimum atomic E-state index is -0.334. The molecular weight excluding hydrogens is 252 g/mol. The summed E-state index contributed by atoms with van der Waals surface area (Å²) >= 11 is 0. The highest BCUT2D eigenvalue weighted by atomic mass is 16.5. The molecule has 2 rings (SSSR count). The molecule has 0 aliphatic rings. The highest BCUT2D eigenvalue weighted by molar-refractivity contribution is 5.37. The Kier molecular flexibility index (Phi) is 4.39. The molecule has 20 heavy (non-hydrogen) atoms. The maximum absolute atomic E-state index is 6.42. The van der Waals surface area contributed by atoms with Crippen molar-refractivity contribution in [1.82, 2.24) is 14.8 Å². The van der Waals surface area contributed by atoms with E-state index in [0.717, 1.165) is 35.5 Å². The van der Waals surface area contributed by atoms with Crippen molar-refractivity contribution >= 4 is 0 Å². The molecular formula is C15H22N4O. The van der Waals surface area contributed by atoms with E-state index >= 15 is 0 Å². The lowest BCUT2D eigenvalue weighted by Crippen LogP contribution is -2.20. The summed E-state index contributed by atoms with van der Waals surface area (Å²) in [5, 5.41) is 4.35. The Morgan fingerprint density at radius 3 is 2.70 bits per heavy atom. The fourth-order valence-corrected chi connectivity index (χ4v) is 2.42. The van der Waals surface area contributed by atoms with Gasteiger partial charge in [-0.1, -0.05) is 13.0 Å². The quantitative estimate of drug-likeness (QED) is 0.909. The van der Waals surface area contributed by atoms with Crippen LogP contribution in [0.25, 0.3) is 0 Å². The van der Waals surface area contributed by atoms with Crippen molar-refractivity contribution in [2.24, 2.45) is 5.73 Å². The van der Waals surface area contributed by atoms with Crippen molar-refractivity contribution < 1.29 is 4.74 Å². The van der Waals surface area contributed by atoms with Crippen LogP contribution in [0.1, 0.15) is 41.9 Å². The fourth-order valence-electron chi connectivity index (χ4n) is 2.42. The summed E-state index contributed by atoms with van der Waals surface area (Å²) in [5.74, 6) is 0.715. The summed E-state index contributed by atoms with van der Waals surface area (Å²) in [6.45, 7) is 6.98. The normalized spacial score (nSPS) is 12.4. The number of nitrogens with zero attached hydrogens (tertiary/aromatic N) is 3. The molecule has 2 aromatic rings. The van der Waals surface area contributed by atoms with Crippen molar-refractivity contribution in [1.29, 1.82) is 0 Å². The van der Waals surface area contributed by atoms with E-state index in [2.05, 4.69) is 23.1 Å². The molecule has 0 fully saturated rings. The molecule has 2 heterocycles. The Labute approximate surface area is 119 Å². The Morgan fingerprint density at radius 2 is 2.10 bits per heavy atom. The zero-order valence-electron chi connectivity index (χ0n) is 12.6. The Balaban J connectivity index is 2.46. The van der Waals surface area contributed by atoms with E-state index in [-0.39, 0.29) is 6.04 Å². The van der Waals surface area contributed by atoms with Gasteiger partial charge in [0.2, 0.25) is 0 Å². The predicted molar refractivity (Wildman–Crippen MR) is 78.8 cm³/mol. The molecule has 2 N–H and O–H groups in total. The van der Waals surface area contributed by atoms with Gasteiger partial charge in [-0.25, -0.2) is 0 Å². The Morgan fingerprint density at radius 1 is 1.35 bits per heavy atom. The van der Waals surface area contributed by atoms with Crippen LogP contribution in [-0.4, -0.2) is 21.9 Å². The summed E-state index contributed by atoms with van der Waals surface area (Å²) in [4.78, 5) is 4.49. The van der Waals surface area contributed by atoms with Crippen LogP contribution in [-0.2, 0) is 6.54 Å². The number of nitrogens with two attached hydrogens (primary N) is 1. The van der Waals surface area contributed by atoms with Crippen molar-refractivity contribution in [3.63, 3.8) is 0 Å². The van der Waals surface area contributed by atoms with Crippen LogP contribution in [0.4, 0.5) is 0 Å². The molecule has 108 valence electrons. The standard InChI is InChI=1S/C15H22N4O/c1-5-6-19-15(12(20-4)9-18-19)13(16)14-11(3)7-10(2)8-17-14/h7-9,13H,5-6,16H2,1-4H3. The predicted octanol–water partition coefficient (Wildman–Crippen LogP) is 2.36. The average molecular weight is 274 g/mol. The summed E-state index contributed by atoms with van der Waals surface area (Å²) < 4.78 is 7.29. The van der Waals surface area contributed by atoms with E-state index in [4.69, 9.17) is 10.5 Å². The minimum absolute atomic E-state index is 0.334. The summed E-state index contributed by atoms with van der Waals surface area (Å²) in [6, 6.07) is 1.76. The number of ether oxygens (including phenoxy) is 1. The molecule has 0 bridgehead atoms. The largest absolute Gasteiger partial charge is 0.493 e. The van der Waals surface area contributed by atoms with Gasteiger partial charge in [-0.05, 0) is 31.4 Å². The van der Waals surface area contributed by atoms with Gasteiger partial charge in [0.15, 0.2) is 5.75 Å². The maximum Gasteiger partial charge on any atom is 0.161 e. The van der Waals surface area contributed by atoms with E-state index in [1.807, 2.05) is 24.7 Å². The van der Waals surface area contributed by atoms with Crippen LogP contribution in [0.3, 0.4) is 0 Å². The molecule has 0 aliphatic heterocycles. The molecule has 1 atom stereocenters. The molecule has 0 spiro atoms. The Hall–Kier alpha value is -1.88. The van der Waals surface area contributed by atoms with Gasteiger partial charge in [0.25, 0.3) is 0 Å². The molecule has 0 aromatic carbocycles. The first kappa shape index (κ1) is 14.5. The molecule has 0 saturated carbocycles. The molecule has 0 aliphatic carbocycles. The van der Waals surface area contributed by atoms with E-state index in [1.165, 1.54) is 0 Å². The topological polar surface area (TPSA) is 66.0 Å². The van der Waals surface area contributed by atoms with Crippen molar-refractivity contribution in [2.45, 2.75) is 39.8 Å². The zero-order chi connectivity index (χ0) is 14.7. The van der Waals surface area contributed by atoms with Crippen LogP contribution in [0.15, 0.2) is 18.5 Å². The number of pyridine rings is 1. The lowest BCUT2D eigenvalue weighted by atomic mass is 10.0. The third-order valence-corrected chi connectivity index (χ3v) is 3.34. The first-order chi connectivity index (χ1) is 9.58. The molecule has 0 amide bonds. The zero-order valence-corrected chi connectivity index (χ0v) is 12.6. The third-order valence-electron chi connectivity index (χ3n) is 3.34. The van der Waals surface area contributed by atoms with Crippen molar-refractivity contribution in [3.8, 4) is 5.75 Å². The second-order valence-corrected chi connectivity index (χ2v) is 5.01. The Bertz CT molecular complexity index is 592. The van der Waals surface area contributed by atoms with Crippen molar-refractivity contribution in [2.75, 3.05) is 7.11 Å². The first-order valence-electron chi connectivity index (χ1n) is 6.86. The van der Waals surface area contributed by atoms with Crippen LogP contribution in [0, 0.1) is 13.8 Å². The molecule has 1 unspecified atom stereocenters. The van der Waals surface area contributed by atoms with Gasteiger partial charge in [-0.15, -0.1) is 0 Å². The van der Waals surface area contributed by atoms with Gasteiger partial charge >= 0.3 is 0 Å². The van der Waals surface area contributed by atoms with Crippen molar-refractivity contribution in [3.05, 3.63) is 41.0 Å². The van der Waals surface area contributed by atoms with E-state index < -0.39 is 0 Å². The van der Waals surface area contributed by atoms with Crippen LogP contribution >= 0.6 is 0 Å². The molecule has 5 heteroatoms. The summed E-state index contributed by atoms with van der Waals surface area (Å²) in [7, 11) is 1.64. The van der Waals surface area contributed by atoms with Gasteiger partial charge in [0.05, 0.1) is 25.0 Å². The van der Waals surface area contributed by atoms with Gasteiger partial charge in [-0.3, -0.25) is 9.67 Å². The lowest BCUT2D eigenvalue weighted by molar-refractivity contribution is 0.403. The highest BCUT2D eigenvalue weighted by Gasteiger charge is 2.22. The number of methoxy groups -OCH3 is 1. The number of hydrogen-bond donors (Lipinski definition) is 1. The molecule has 5 nitrogen and oxygen atoms in total. The molecule has 0 radical (unpaired) electrons. The number of aromatic nitrogens is 3. The number of aryl methyl sites for hydroxylation is 3. The second-order valence-electron chi connectivity index (χ2n) is 5.01. The van der Waals surface area contributed by atoms with Crippen LogP contribution in [0.2, 0.25) is 0 Å². The van der Waals surface area contributed by atoms with E-state index in [9.17, 15) is 0 Å². The SMILES string of the molecule is CCCn1ncc(OC)c1C(N)c1ncc(C)cc1C. The minimum Gasteiger partial charge on any atom is -0.493 e. The van der Waals surface area contributed by atoms with Gasteiger partial charge < -0.3 is 10.5 Å². The second kappa shape index (κ2) is 6.05. The summed E-state index contributed by atoms with van der Waals surface area (Å²) in [5.41, 5.74) is 10.4. The molecule has 2 aromatic heterocycles. The van der Waals surface area contributed by atoms with Crippen LogP contribution in [0.5, 0.6) is 5.75 Å². The highest BCUT2D eigenvalue weighted by Crippen LogP contribution is 2.29. The van der Waals surface area contributed by atoms with E-state index in [0.29, 0.717) is 5.75 Å². The maximum atomic E-state index is 6.42. The van der Waals surface area contributed by atoms with Crippen LogP contribution < -0.4 is 10.5 Å². The first-order valence-corrected chi connectivity index (χ1v) is 6.86. The number of rotatable bonds is 5. The summed E-state index contributed by atoms with van der Waals surface area (Å²) in [6.07, 6.45) is 4.55. The lowest BCUT2D eigenvalue weighted by Gasteiger charge is -2.17. The van der Waals surface area contributed by atoms with Gasteiger partial charge in [0, 0.05) is 12.7 Å². The smallest absolute Gasteiger partial charge is 0.161 e. The van der Waals surface area contributed by atoms with Gasteiger partial charge in [0.1, 0.15) is 5.69 Å².